The number of carbonyl (C=O) groups excluding carboxylic acids is 1. The first-order valence-electron chi connectivity index (χ1n) is 7.75. The van der Waals surface area contributed by atoms with Crippen molar-refractivity contribution in [1.82, 2.24) is 29.3 Å². The Morgan fingerprint density at radius 3 is 2.69 bits per heavy atom. The minimum atomic E-state index is -1.16. The summed E-state index contributed by atoms with van der Waals surface area (Å²) in [7, 11) is 0. The van der Waals surface area contributed by atoms with Gasteiger partial charge in [-0.25, -0.2) is 4.79 Å². The Morgan fingerprint density at radius 1 is 1.23 bits per heavy atom. The molecule has 0 fully saturated rings. The molecule has 3 rings (SSSR count). The zero-order valence-corrected chi connectivity index (χ0v) is 14.6. The molecule has 0 saturated carbocycles. The second-order valence-electron chi connectivity index (χ2n) is 5.48. The Hall–Kier alpha value is -3.14. The monoisotopic (exact) mass is 377 g/mol. The summed E-state index contributed by atoms with van der Waals surface area (Å²) in [5.41, 5.74) is 0.828. The van der Waals surface area contributed by atoms with Crippen LogP contribution in [0.3, 0.4) is 0 Å². The smallest absolute Gasteiger partial charge is 0.356 e. The van der Waals surface area contributed by atoms with E-state index >= 15 is 0 Å². The predicted molar refractivity (Wildman–Crippen MR) is 92.1 cm³/mol. The second kappa shape index (κ2) is 7.40. The Labute approximate surface area is 153 Å². The Kier molecular flexibility index (Phi) is 5.03. The number of amides is 1. The number of aryl methyl sites for hydroxylation is 1. The van der Waals surface area contributed by atoms with E-state index in [0.717, 1.165) is 12.1 Å². The summed E-state index contributed by atoms with van der Waals surface area (Å²) in [5, 5.41) is 23.9. The molecule has 0 spiro atoms. The number of hydrogen-bond acceptors (Lipinski definition) is 5. The molecule has 2 N–H and O–H groups in total. The fourth-order valence-corrected chi connectivity index (χ4v) is 2.49. The van der Waals surface area contributed by atoms with Crippen LogP contribution in [0.1, 0.15) is 23.0 Å². The van der Waals surface area contributed by atoms with Crippen LogP contribution in [0.4, 0.5) is 5.82 Å². The molecule has 136 valence electrons. The van der Waals surface area contributed by atoms with Gasteiger partial charge in [0, 0.05) is 30.7 Å². The van der Waals surface area contributed by atoms with E-state index in [1.807, 2.05) is 13.1 Å². The van der Waals surface area contributed by atoms with Gasteiger partial charge in [0.25, 0.3) is 0 Å². The number of aromatic carboxylic acids is 1. The summed E-state index contributed by atoms with van der Waals surface area (Å²) in [4.78, 5) is 22.9. The number of rotatable bonds is 7. The van der Waals surface area contributed by atoms with Crippen LogP contribution in [-0.2, 0) is 24.4 Å². The molecule has 3 aromatic heterocycles. The van der Waals surface area contributed by atoms with Gasteiger partial charge in [-0.15, -0.1) is 0 Å². The van der Waals surface area contributed by atoms with Gasteiger partial charge in [-0.05, 0) is 13.0 Å². The first-order chi connectivity index (χ1) is 12.4. The van der Waals surface area contributed by atoms with Crippen LogP contribution < -0.4 is 5.32 Å². The highest BCUT2D eigenvalue weighted by Crippen LogP contribution is 2.20. The zero-order valence-electron chi connectivity index (χ0n) is 13.8. The number of nitrogens with zero attached hydrogens (tertiary/aromatic N) is 6. The number of aromatic nitrogens is 6. The fourth-order valence-electron chi connectivity index (χ4n) is 2.29. The molecule has 0 unspecified atom stereocenters. The Balaban J connectivity index is 1.62. The lowest BCUT2D eigenvalue weighted by Gasteiger charge is -2.03. The van der Waals surface area contributed by atoms with Gasteiger partial charge in [0.2, 0.25) is 5.91 Å². The highest BCUT2D eigenvalue weighted by Gasteiger charge is 2.13. The molecule has 10 nitrogen and oxygen atoms in total. The minimum absolute atomic E-state index is 0.132. The summed E-state index contributed by atoms with van der Waals surface area (Å²) in [6.07, 6.45) is 6.67. The molecule has 0 radical (unpaired) electrons. The van der Waals surface area contributed by atoms with Crippen LogP contribution in [0.25, 0.3) is 0 Å². The van der Waals surface area contributed by atoms with E-state index in [1.54, 1.807) is 21.8 Å². The maximum Gasteiger partial charge on any atom is 0.356 e. The van der Waals surface area contributed by atoms with E-state index in [9.17, 15) is 9.59 Å². The van der Waals surface area contributed by atoms with E-state index in [2.05, 4.69) is 20.6 Å². The average Bonchev–Trinajstić information content (AvgIpc) is 3.29. The van der Waals surface area contributed by atoms with Crippen molar-refractivity contribution in [2.75, 3.05) is 5.32 Å². The number of carboxylic acids is 1. The van der Waals surface area contributed by atoms with Crippen molar-refractivity contribution in [3.8, 4) is 0 Å². The second-order valence-corrected chi connectivity index (χ2v) is 5.89. The maximum absolute atomic E-state index is 12.1. The standard InChI is InChI=1S/C15H16ClN7O3/c1-2-21-6-10(5-17-21)7-23-8-11(16)14(20-23)18-13(24)9-22-4-3-12(19-22)15(25)26/h3-6,8H,2,7,9H2,1H3,(H,25,26)(H,18,20,24). The third-order valence-electron chi connectivity index (χ3n) is 3.50. The van der Waals surface area contributed by atoms with Gasteiger partial charge < -0.3 is 10.4 Å². The molecule has 3 aromatic rings. The van der Waals surface area contributed by atoms with Gasteiger partial charge in [-0.1, -0.05) is 11.6 Å². The van der Waals surface area contributed by atoms with E-state index < -0.39 is 11.9 Å². The van der Waals surface area contributed by atoms with Crippen molar-refractivity contribution < 1.29 is 14.7 Å². The van der Waals surface area contributed by atoms with E-state index in [-0.39, 0.29) is 18.1 Å². The molecular formula is C15H16ClN7O3. The Morgan fingerprint density at radius 2 is 2.04 bits per heavy atom. The van der Waals surface area contributed by atoms with Crippen molar-refractivity contribution in [3.63, 3.8) is 0 Å². The fraction of sp³-hybridized carbons (Fsp3) is 0.267. The lowest BCUT2D eigenvalue weighted by Crippen LogP contribution is -2.20. The number of anilines is 1. The third-order valence-corrected chi connectivity index (χ3v) is 3.77. The van der Waals surface area contributed by atoms with Crippen molar-refractivity contribution in [3.05, 3.63) is 47.1 Å². The van der Waals surface area contributed by atoms with Gasteiger partial charge >= 0.3 is 5.97 Å². The molecule has 0 aliphatic rings. The number of halogens is 1. The van der Waals surface area contributed by atoms with Crippen molar-refractivity contribution in [2.24, 2.45) is 0 Å². The third kappa shape index (κ3) is 4.09. The van der Waals surface area contributed by atoms with Crippen LogP contribution in [0.15, 0.2) is 30.9 Å². The zero-order chi connectivity index (χ0) is 18.7. The molecule has 11 heteroatoms. The van der Waals surface area contributed by atoms with Crippen molar-refractivity contribution in [2.45, 2.75) is 26.6 Å². The lowest BCUT2D eigenvalue weighted by atomic mass is 10.4. The number of carbonyl (C=O) groups is 2. The molecular weight excluding hydrogens is 362 g/mol. The van der Waals surface area contributed by atoms with Crippen LogP contribution in [0.2, 0.25) is 5.02 Å². The van der Waals surface area contributed by atoms with Crippen LogP contribution in [0.5, 0.6) is 0 Å². The highest BCUT2D eigenvalue weighted by atomic mass is 35.5. The summed E-state index contributed by atoms with van der Waals surface area (Å²) < 4.78 is 4.63. The maximum atomic E-state index is 12.1. The summed E-state index contributed by atoms with van der Waals surface area (Å²) >= 11 is 6.12. The quantitative estimate of drug-likeness (QED) is 0.641. The molecule has 26 heavy (non-hydrogen) atoms. The van der Waals surface area contributed by atoms with Crippen LogP contribution in [0, 0.1) is 0 Å². The predicted octanol–water partition coefficient (Wildman–Crippen LogP) is 1.33. The average molecular weight is 378 g/mol. The summed E-state index contributed by atoms with van der Waals surface area (Å²) in [6.45, 7) is 3.09. The van der Waals surface area contributed by atoms with Gasteiger partial charge in [-0.2, -0.15) is 15.3 Å². The normalized spacial score (nSPS) is 10.8. The lowest BCUT2D eigenvalue weighted by molar-refractivity contribution is -0.116. The molecule has 3 heterocycles. The van der Waals surface area contributed by atoms with Crippen molar-refractivity contribution in [1.29, 1.82) is 0 Å². The minimum Gasteiger partial charge on any atom is -0.476 e. The van der Waals surface area contributed by atoms with Gasteiger partial charge in [-0.3, -0.25) is 18.8 Å². The van der Waals surface area contributed by atoms with E-state index in [1.165, 1.54) is 16.9 Å². The van der Waals surface area contributed by atoms with Gasteiger partial charge in [0.15, 0.2) is 11.5 Å². The molecule has 0 atom stereocenters. The topological polar surface area (TPSA) is 120 Å². The van der Waals surface area contributed by atoms with Gasteiger partial charge in [0.1, 0.15) is 11.6 Å². The van der Waals surface area contributed by atoms with Crippen LogP contribution in [-0.4, -0.2) is 46.3 Å². The van der Waals surface area contributed by atoms with Crippen molar-refractivity contribution >= 4 is 29.3 Å². The molecule has 0 aliphatic carbocycles. The van der Waals surface area contributed by atoms with Crippen LogP contribution >= 0.6 is 11.6 Å². The van der Waals surface area contributed by atoms with E-state index in [4.69, 9.17) is 16.7 Å². The first kappa shape index (κ1) is 17.7. The first-order valence-corrected chi connectivity index (χ1v) is 8.13. The molecule has 0 saturated heterocycles. The molecule has 0 aliphatic heterocycles. The number of nitrogens with one attached hydrogen (secondary N) is 1. The summed E-state index contributed by atoms with van der Waals surface area (Å²) in [6, 6.07) is 1.31. The molecule has 0 aromatic carbocycles. The number of carboxylic acid groups (broad SMARTS) is 1. The molecule has 1 amide bonds. The Bertz CT molecular complexity index is 943. The highest BCUT2D eigenvalue weighted by molar-refractivity contribution is 6.33. The van der Waals surface area contributed by atoms with Gasteiger partial charge in [0.05, 0.1) is 12.7 Å². The molecule has 0 bridgehead atoms. The largest absolute Gasteiger partial charge is 0.476 e. The van der Waals surface area contributed by atoms with E-state index in [0.29, 0.717) is 11.6 Å². The number of hydrogen-bond donors (Lipinski definition) is 2. The summed E-state index contributed by atoms with van der Waals surface area (Å²) in [5.74, 6) is -1.35. The SMILES string of the molecule is CCn1cc(Cn2cc(Cl)c(NC(=O)Cn3ccc(C(=O)O)n3)n2)cn1.